The van der Waals surface area contributed by atoms with E-state index in [2.05, 4.69) is 14.6 Å². The molecular weight excluding hydrogens is 448 g/mol. The van der Waals surface area contributed by atoms with E-state index in [0.29, 0.717) is 16.9 Å². The zero-order chi connectivity index (χ0) is 23.5. The molecule has 0 bridgehead atoms. The molecule has 3 aliphatic rings. The number of hydrogen-bond acceptors (Lipinski definition) is 5. The summed E-state index contributed by atoms with van der Waals surface area (Å²) in [6, 6.07) is 11.9. The highest BCUT2D eigenvalue weighted by molar-refractivity contribution is 7.92. The van der Waals surface area contributed by atoms with Crippen LogP contribution >= 0.6 is 0 Å². The molecule has 7 nitrogen and oxygen atoms in total. The molecule has 8 heteroatoms. The molecule has 0 unspecified atom stereocenters. The van der Waals surface area contributed by atoms with Crippen molar-refractivity contribution in [2.45, 2.75) is 43.4 Å². The van der Waals surface area contributed by atoms with E-state index in [9.17, 15) is 13.2 Å². The quantitative estimate of drug-likeness (QED) is 0.675. The van der Waals surface area contributed by atoms with Crippen molar-refractivity contribution in [1.29, 1.82) is 0 Å². The van der Waals surface area contributed by atoms with Crippen LogP contribution in [0.4, 0.5) is 11.4 Å². The molecule has 1 saturated heterocycles. The largest absolute Gasteiger partial charge is 0.336 e. The predicted octanol–water partition coefficient (Wildman–Crippen LogP) is 4.08. The second-order valence-corrected chi connectivity index (χ2v) is 11.2. The Labute approximate surface area is 201 Å². The van der Waals surface area contributed by atoms with Crippen molar-refractivity contribution in [3.63, 3.8) is 0 Å². The molecule has 1 saturated carbocycles. The highest BCUT2D eigenvalue weighted by Gasteiger charge is 2.26. The van der Waals surface area contributed by atoms with Gasteiger partial charge in [-0.05, 0) is 67.5 Å². The van der Waals surface area contributed by atoms with Crippen LogP contribution in [0.5, 0.6) is 0 Å². The van der Waals surface area contributed by atoms with Gasteiger partial charge in [-0.25, -0.2) is 8.42 Å². The van der Waals surface area contributed by atoms with Crippen LogP contribution in [0.25, 0.3) is 0 Å². The molecule has 5 rings (SSSR count). The molecule has 0 radical (unpaired) electrons. The molecule has 1 N–H and O–H groups in total. The maximum atomic E-state index is 13.0. The standard InChI is InChI=1S/C26H32N4O3S/c31-26(30-17-15-29(16-18-30)19-20-5-1-2-6-20)22-10-12-23(13-11-22)28-34(32,33)24-9-3-7-21-8-4-14-27-25(21)24/h3,7,9-14,20,28H,1-2,4-6,8,15-19H2. The minimum Gasteiger partial charge on any atom is -0.336 e. The molecule has 180 valence electrons. The van der Waals surface area contributed by atoms with Crippen LogP contribution < -0.4 is 4.72 Å². The van der Waals surface area contributed by atoms with Gasteiger partial charge in [0.05, 0.1) is 5.69 Å². The number of amides is 1. The number of nitrogens with zero attached hydrogens (tertiary/aromatic N) is 3. The van der Waals surface area contributed by atoms with Crippen LogP contribution in [0.1, 0.15) is 48.0 Å². The van der Waals surface area contributed by atoms with Gasteiger partial charge in [-0.3, -0.25) is 19.4 Å². The molecule has 2 aliphatic heterocycles. The van der Waals surface area contributed by atoms with Gasteiger partial charge in [0.25, 0.3) is 15.9 Å². The molecule has 0 atom stereocenters. The van der Waals surface area contributed by atoms with E-state index in [1.165, 1.54) is 25.7 Å². The molecule has 1 amide bonds. The Bertz CT molecular complexity index is 1160. The number of rotatable bonds is 6. The lowest BCUT2D eigenvalue weighted by Crippen LogP contribution is -2.49. The third-order valence-electron chi connectivity index (χ3n) is 7.17. The van der Waals surface area contributed by atoms with Crippen LogP contribution in [-0.4, -0.2) is 63.1 Å². The smallest absolute Gasteiger partial charge is 0.264 e. The highest BCUT2D eigenvalue weighted by atomic mass is 32.2. The third kappa shape index (κ3) is 5.03. The van der Waals surface area contributed by atoms with Crippen molar-refractivity contribution >= 4 is 33.5 Å². The van der Waals surface area contributed by atoms with E-state index < -0.39 is 10.0 Å². The Kier molecular flexibility index (Phi) is 6.70. The first-order chi connectivity index (χ1) is 16.5. The Balaban J connectivity index is 1.20. The summed E-state index contributed by atoms with van der Waals surface area (Å²) in [5, 5.41) is 0. The molecule has 2 aromatic carbocycles. The Morgan fingerprint density at radius 2 is 1.74 bits per heavy atom. The molecule has 1 aliphatic carbocycles. The number of aryl methyl sites for hydroxylation is 1. The number of hydrogen-bond donors (Lipinski definition) is 1. The number of carbonyl (C=O) groups excluding carboxylic acids is 1. The van der Waals surface area contributed by atoms with Crippen molar-refractivity contribution in [2.24, 2.45) is 10.9 Å². The second-order valence-electron chi connectivity index (χ2n) is 9.54. The maximum absolute atomic E-state index is 13.0. The summed E-state index contributed by atoms with van der Waals surface area (Å²) in [6.45, 7) is 4.47. The topological polar surface area (TPSA) is 82.1 Å². The third-order valence-corrected chi connectivity index (χ3v) is 8.58. The van der Waals surface area contributed by atoms with Crippen LogP contribution in [0.2, 0.25) is 0 Å². The van der Waals surface area contributed by atoms with Gasteiger partial charge in [-0.2, -0.15) is 0 Å². The van der Waals surface area contributed by atoms with E-state index >= 15 is 0 Å². The normalized spacial score (nSPS) is 19.2. The molecule has 34 heavy (non-hydrogen) atoms. The number of para-hydroxylation sites is 1. The van der Waals surface area contributed by atoms with E-state index in [-0.39, 0.29) is 10.8 Å². The highest BCUT2D eigenvalue weighted by Crippen LogP contribution is 2.32. The minimum atomic E-state index is -3.79. The summed E-state index contributed by atoms with van der Waals surface area (Å²) < 4.78 is 28.7. The molecular formula is C26H32N4O3S. The van der Waals surface area contributed by atoms with Crippen molar-refractivity contribution in [3.8, 4) is 0 Å². The van der Waals surface area contributed by atoms with Crippen molar-refractivity contribution < 1.29 is 13.2 Å². The number of piperazine rings is 1. The van der Waals surface area contributed by atoms with Gasteiger partial charge < -0.3 is 4.90 Å². The van der Waals surface area contributed by atoms with Gasteiger partial charge in [0, 0.05) is 50.2 Å². The van der Waals surface area contributed by atoms with Gasteiger partial charge in [0.15, 0.2) is 0 Å². The lowest BCUT2D eigenvalue weighted by atomic mass is 10.1. The first-order valence-electron chi connectivity index (χ1n) is 12.3. The molecule has 2 aromatic rings. The minimum absolute atomic E-state index is 0.00129. The Morgan fingerprint density at radius 3 is 2.47 bits per heavy atom. The first-order valence-corrected chi connectivity index (χ1v) is 13.8. The number of anilines is 1. The number of aliphatic imine (C=N–C) groups is 1. The van der Waals surface area contributed by atoms with Gasteiger partial charge >= 0.3 is 0 Å². The summed E-state index contributed by atoms with van der Waals surface area (Å²) in [6.07, 6.45) is 8.76. The SMILES string of the molecule is O=C(c1ccc(NS(=O)(=O)c2cccc3c2N=CCC3)cc1)N1CCN(CC2CCCC2)CC1. The van der Waals surface area contributed by atoms with Gasteiger partial charge in [-0.15, -0.1) is 0 Å². The Hall–Kier alpha value is -2.71. The van der Waals surface area contributed by atoms with E-state index in [1.54, 1.807) is 42.6 Å². The fourth-order valence-electron chi connectivity index (χ4n) is 5.27. The number of fused-ring (bicyclic) bond motifs is 1. The maximum Gasteiger partial charge on any atom is 0.264 e. The fourth-order valence-corrected chi connectivity index (χ4v) is 6.53. The number of sulfonamides is 1. The van der Waals surface area contributed by atoms with Crippen LogP contribution in [0.3, 0.4) is 0 Å². The van der Waals surface area contributed by atoms with Crippen LogP contribution in [0, 0.1) is 5.92 Å². The zero-order valence-electron chi connectivity index (χ0n) is 19.4. The molecule has 2 fully saturated rings. The fraction of sp³-hybridized carbons (Fsp3) is 0.462. The average Bonchev–Trinajstić information content (AvgIpc) is 3.37. The second kappa shape index (κ2) is 9.88. The summed E-state index contributed by atoms with van der Waals surface area (Å²) in [5.74, 6) is 0.827. The number of carbonyl (C=O) groups is 1. The summed E-state index contributed by atoms with van der Waals surface area (Å²) in [4.78, 5) is 21.9. The summed E-state index contributed by atoms with van der Waals surface area (Å²) in [5.41, 5.74) is 2.46. The number of nitrogens with one attached hydrogen (secondary N) is 1. The van der Waals surface area contributed by atoms with Gasteiger partial charge in [-0.1, -0.05) is 25.0 Å². The zero-order valence-corrected chi connectivity index (χ0v) is 20.3. The van der Waals surface area contributed by atoms with E-state index in [1.807, 2.05) is 11.0 Å². The molecule has 0 aromatic heterocycles. The lowest BCUT2D eigenvalue weighted by Gasteiger charge is -2.36. The Morgan fingerprint density at radius 1 is 1.00 bits per heavy atom. The molecule has 2 heterocycles. The van der Waals surface area contributed by atoms with Crippen LogP contribution in [-0.2, 0) is 16.4 Å². The van der Waals surface area contributed by atoms with Gasteiger partial charge in [0.1, 0.15) is 4.90 Å². The average molecular weight is 481 g/mol. The predicted molar refractivity (Wildman–Crippen MR) is 134 cm³/mol. The van der Waals surface area contributed by atoms with Crippen molar-refractivity contribution in [3.05, 3.63) is 53.6 Å². The van der Waals surface area contributed by atoms with Crippen molar-refractivity contribution in [2.75, 3.05) is 37.4 Å². The monoisotopic (exact) mass is 480 g/mol. The van der Waals surface area contributed by atoms with E-state index in [0.717, 1.165) is 57.0 Å². The van der Waals surface area contributed by atoms with Crippen LogP contribution in [0.15, 0.2) is 52.4 Å². The first kappa shape index (κ1) is 23.1. The lowest BCUT2D eigenvalue weighted by molar-refractivity contribution is 0.0618. The van der Waals surface area contributed by atoms with E-state index in [4.69, 9.17) is 0 Å². The molecule has 0 spiro atoms. The number of benzene rings is 2. The van der Waals surface area contributed by atoms with Gasteiger partial charge in [0.2, 0.25) is 0 Å². The summed E-state index contributed by atoms with van der Waals surface area (Å²) >= 11 is 0. The van der Waals surface area contributed by atoms with Crippen molar-refractivity contribution in [1.82, 2.24) is 9.80 Å². The summed E-state index contributed by atoms with van der Waals surface area (Å²) in [7, 11) is -3.79.